The van der Waals surface area contributed by atoms with E-state index in [1.165, 1.54) is 11.3 Å². The Bertz CT molecular complexity index is 427. The second kappa shape index (κ2) is 7.13. The summed E-state index contributed by atoms with van der Waals surface area (Å²) in [6.45, 7) is 6.57. The van der Waals surface area contributed by atoms with Crippen LogP contribution in [0.5, 0.6) is 0 Å². The number of hydrogen-bond acceptors (Lipinski definition) is 3. The minimum absolute atomic E-state index is 0.236. The van der Waals surface area contributed by atoms with Gasteiger partial charge in [-0.3, -0.25) is 4.68 Å². The largest absolute Gasteiger partial charge is 0.392 e. The highest BCUT2D eigenvalue weighted by Crippen LogP contribution is 2.13. The van der Waals surface area contributed by atoms with Crippen molar-refractivity contribution in [2.75, 3.05) is 13.1 Å². The molecule has 0 aliphatic rings. The third-order valence-electron chi connectivity index (χ3n) is 3.11. The number of rotatable bonds is 6. The van der Waals surface area contributed by atoms with E-state index in [9.17, 15) is 4.79 Å². The zero-order valence-electron chi connectivity index (χ0n) is 12.2. The van der Waals surface area contributed by atoms with Gasteiger partial charge in [0, 0.05) is 25.8 Å². The number of hydrogen-bond donors (Lipinski definition) is 3. The minimum atomic E-state index is -0.522. The summed E-state index contributed by atoms with van der Waals surface area (Å²) in [6, 6.07) is -0.236. The normalized spacial score (nSPS) is 12.3. The molecule has 0 radical (unpaired) electrons. The van der Waals surface area contributed by atoms with Gasteiger partial charge in [0.15, 0.2) is 0 Å². The SMILES string of the molecule is Cc1nn(C)c(C)c1CCCNC(=O)NC[C@@H](C)O. The Morgan fingerprint density at radius 2 is 2.11 bits per heavy atom. The second-order valence-corrected chi connectivity index (χ2v) is 4.86. The molecule has 0 spiro atoms. The van der Waals surface area contributed by atoms with Gasteiger partial charge in [-0.1, -0.05) is 0 Å². The number of urea groups is 1. The Balaban J connectivity index is 2.26. The molecule has 0 unspecified atom stereocenters. The monoisotopic (exact) mass is 268 g/mol. The molecule has 0 saturated carbocycles. The Morgan fingerprint density at radius 3 is 2.63 bits per heavy atom. The predicted molar refractivity (Wildman–Crippen MR) is 74.1 cm³/mol. The molecular formula is C13H24N4O2. The Morgan fingerprint density at radius 1 is 1.42 bits per heavy atom. The van der Waals surface area contributed by atoms with Crippen LogP contribution >= 0.6 is 0 Å². The third-order valence-corrected chi connectivity index (χ3v) is 3.11. The first kappa shape index (κ1) is 15.5. The number of aromatic nitrogens is 2. The molecule has 2 amide bonds. The summed E-state index contributed by atoms with van der Waals surface area (Å²) in [6.07, 6.45) is 1.25. The average molecular weight is 268 g/mol. The van der Waals surface area contributed by atoms with Crippen molar-refractivity contribution < 1.29 is 9.90 Å². The number of aliphatic hydroxyl groups is 1. The van der Waals surface area contributed by atoms with Crippen molar-refractivity contribution in [3.8, 4) is 0 Å². The molecule has 0 saturated heterocycles. The molecule has 1 rings (SSSR count). The summed E-state index contributed by atoms with van der Waals surface area (Å²) in [5.41, 5.74) is 3.49. The molecule has 1 atom stereocenters. The van der Waals surface area contributed by atoms with Gasteiger partial charge in [-0.05, 0) is 39.2 Å². The number of carbonyl (C=O) groups excluding carboxylic acids is 1. The van der Waals surface area contributed by atoms with Crippen LogP contribution < -0.4 is 10.6 Å². The summed E-state index contributed by atoms with van der Waals surface area (Å²) in [5.74, 6) is 0. The van der Waals surface area contributed by atoms with Crippen molar-refractivity contribution >= 4 is 6.03 Å². The fourth-order valence-electron chi connectivity index (χ4n) is 1.95. The van der Waals surface area contributed by atoms with Gasteiger partial charge < -0.3 is 15.7 Å². The fraction of sp³-hybridized carbons (Fsp3) is 0.692. The zero-order valence-corrected chi connectivity index (χ0v) is 12.2. The number of nitrogens with zero attached hydrogens (tertiary/aromatic N) is 2. The number of aliphatic hydroxyl groups excluding tert-OH is 1. The van der Waals surface area contributed by atoms with E-state index >= 15 is 0 Å². The van der Waals surface area contributed by atoms with Crippen LogP contribution in [0.4, 0.5) is 4.79 Å². The predicted octanol–water partition coefficient (Wildman–Crippen LogP) is 0.650. The van der Waals surface area contributed by atoms with E-state index in [0.29, 0.717) is 6.54 Å². The van der Waals surface area contributed by atoms with E-state index < -0.39 is 6.10 Å². The van der Waals surface area contributed by atoms with Crippen LogP contribution in [0, 0.1) is 13.8 Å². The maximum atomic E-state index is 11.3. The van der Waals surface area contributed by atoms with Crippen molar-refractivity contribution in [2.24, 2.45) is 7.05 Å². The van der Waals surface area contributed by atoms with Crippen LogP contribution in [0.2, 0.25) is 0 Å². The number of amides is 2. The molecule has 1 heterocycles. The van der Waals surface area contributed by atoms with E-state index in [-0.39, 0.29) is 12.6 Å². The molecule has 0 aliphatic heterocycles. The van der Waals surface area contributed by atoms with Gasteiger partial charge >= 0.3 is 6.03 Å². The minimum Gasteiger partial charge on any atom is -0.392 e. The molecule has 1 aromatic heterocycles. The topological polar surface area (TPSA) is 79.2 Å². The highest BCUT2D eigenvalue weighted by Gasteiger charge is 2.08. The lowest BCUT2D eigenvalue weighted by Gasteiger charge is -2.09. The zero-order chi connectivity index (χ0) is 14.4. The van der Waals surface area contributed by atoms with E-state index in [4.69, 9.17) is 5.11 Å². The van der Waals surface area contributed by atoms with Crippen molar-refractivity contribution in [1.29, 1.82) is 0 Å². The number of nitrogens with one attached hydrogen (secondary N) is 2. The van der Waals surface area contributed by atoms with Crippen LogP contribution in [-0.2, 0) is 13.5 Å². The maximum Gasteiger partial charge on any atom is 0.314 e. The quantitative estimate of drug-likeness (QED) is 0.663. The van der Waals surface area contributed by atoms with Gasteiger partial charge in [-0.25, -0.2) is 4.79 Å². The van der Waals surface area contributed by atoms with Crippen LogP contribution in [0.15, 0.2) is 0 Å². The summed E-state index contributed by atoms with van der Waals surface area (Å²) in [4.78, 5) is 11.3. The maximum absolute atomic E-state index is 11.3. The lowest BCUT2D eigenvalue weighted by Crippen LogP contribution is -2.39. The highest BCUT2D eigenvalue weighted by molar-refractivity contribution is 5.73. The molecule has 0 aromatic carbocycles. The lowest BCUT2D eigenvalue weighted by molar-refractivity contribution is 0.187. The molecule has 6 nitrogen and oxygen atoms in total. The molecule has 0 fully saturated rings. The summed E-state index contributed by atoms with van der Waals surface area (Å²) < 4.78 is 1.88. The average Bonchev–Trinajstić information content (AvgIpc) is 2.57. The smallest absolute Gasteiger partial charge is 0.314 e. The van der Waals surface area contributed by atoms with Crippen molar-refractivity contribution in [2.45, 2.75) is 39.7 Å². The van der Waals surface area contributed by atoms with E-state index in [1.807, 2.05) is 18.7 Å². The van der Waals surface area contributed by atoms with Gasteiger partial charge in [0.1, 0.15) is 0 Å². The highest BCUT2D eigenvalue weighted by atomic mass is 16.3. The fourth-order valence-corrected chi connectivity index (χ4v) is 1.95. The van der Waals surface area contributed by atoms with Crippen molar-refractivity contribution in [3.05, 3.63) is 17.0 Å². The van der Waals surface area contributed by atoms with E-state index in [0.717, 1.165) is 18.5 Å². The lowest BCUT2D eigenvalue weighted by atomic mass is 10.1. The van der Waals surface area contributed by atoms with Gasteiger partial charge in [-0.2, -0.15) is 5.10 Å². The molecule has 19 heavy (non-hydrogen) atoms. The van der Waals surface area contributed by atoms with Crippen LogP contribution in [-0.4, -0.2) is 40.1 Å². The summed E-state index contributed by atoms with van der Waals surface area (Å²) in [5, 5.41) is 18.8. The summed E-state index contributed by atoms with van der Waals surface area (Å²) >= 11 is 0. The molecule has 0 bridgehead atoms. The van der Waals surface area contributed by atoms with Crippen LogP contribution in [0.25, 0.3) is 0 Å². The Labute approximate surface area is 114 Å². The van der Waals surface area contributed by atoms with Crippen molar-refractivity contribution in [1.82, 2.24) is 20.4 Å². The molecular weight excluding hydrogens is 244 g/mol. The van der Waals surface area contributed by atoms with E-state index in [2.05, 4.69) is 22.7 Å². The van der Waals surface area contributed by atoms with Crippen LogP contribution in [0.3, 0.4) is 0 Å². The van der Waals surface area contributed by atoms with Gasteiger partial charge in [0.2, 0.25) is 0 Å². The van der Waals surface area contributed by atoms with Gasteiger partial charge in [0.05, 0.1) is 11.8 Å². The number of aryl methyl sites for hydroxylation is 2. The molecule has 3 N–H and O–H groups in total. The van der Waals surface area contributed by atoms with E-state index in [1.54, 1.807) is 6.92 Å². The molecule has 0 aliphatic carbocycles. The Kier molecular flexibility index (Phi) is 5.82. The van der Waals surface area contributed by atoms with Gasteiger partial charge in [0.25, 0.3) is 0 Å². The Hall–Kier alpha value is -1.56. The molecule has 1 aromatic rings. The molecule has 108 valence electrons. The van der Waals surface area contributed by atoms with Crippen LogP contribution in [0.1, 0.15) is 30.3 Å². The molecule has 6 heteroatoms. The second-order valence-electron chi connectivity index (χ2n) is 4.86. The first-order valence-electron chi connectivity index (χ1n) is 6.60. The first-order valence-corrected chi connectivity index (χ1v) is 6.60. The van der Waals surface area contributed by atoms with Gasteiger partial charge in [-0.15, -0.1) is 0 Å². The standard InChI is InChI=1S/C13H24N4O2/c1-9(18)8-15-13(19)14-7-5-6-12-10(2)16-17(4)11(12)3/h9,18H,5-8H2,1-4H3,(H2,14,15,19)/t9-/m1/s1. The first-order chi connectivity index (χ1) is 8.91. The number of carbonyl (C=O) groups is 1. The third kappa shape index (κ3) is 4.90. The summed E-state index contributed by atoms with van der Waals surface area (Å²) in [7, 11) is 1.94. The van der Waals surface area contributed by atoms with Crippen molar-refractivity contribution in [3.63, 3.8) is 0 Å².